The fourth-order valence-corrected chi connectivity index (χ4v) is 2.70. The molecule has 0 aliphatic carbocycles. The first-order valence-corrected chi connectivity index (χ1v) is 7.84. The predicted molar refractivity (Wildman–Crippen MR) is 74.8 cm³/mol. The Morgan fingerprint density at radius 3 is 2.74 bits per heavy atom. The minimum Gasteiger partial charge on any atom is -0.255 e. The summed E-state index contributed by atoms with van der Waals surface area (Å²) in [4.78, 5) is 8.55. The molecule has 0 amide bonds. The van der Waals surface area contributed by atoms with E-state index < -0.39 is 10.2 Å². The number of aromatic nitrogens is 2. The van der Waals surface area contributed by atoms with Crippen molar-refractivity contribution in [1.29, 1.82) is 0 Å². The van der Waals surface area contributed by atoms with Gasteiger partial charge in [0.2, 0.25) is 0 Å². The van der Waals surface area contributed by atoms with Crippen LogP contribution in [0.4, 0.5) is 0 Å². The molecule has 0 radical (unpaired) electrons. The molecule has 0 atom stereocenters. The first-order valence-electron chi connectivity index (χ1n) is 5.52. The van der Waals surface area contributed by atoms with Crippen molar-refractivity contribution in [1.82, 2.24) is 19.0 Å². The van der Waals surface area contributed by atoms with E-state index in [-0.39, 0.29) is 6.54 Å². The van der Waals surface area contributed by atoms with Gasteiger partial charge in [0, 0.05) is 25.7 Å². The van der Waals surface area contributed by atoms with Crippen LogP contribution in [0.15, 0.2) is 29.8 Å². The van der Waals surface area contributed by atoms with Crippen LogP contribution in [0, 0.1) is 0 Å². The lowest BCUT2D eigenvalue weighted by Gasteiger charge is -2.10. The van der Waals surface area contributed by atoms with E-state index in [2.05, 4.69) is 14.7 Å². The maximum atomic E-state index is 11.6. The Bertz CT molecular complexity index is 638. The topological polar surface area (TPSA) is 75.2 Å². The lowest BCUT2D eigenvalue weighted by Crippen LogP contribution is -2.35. The summed E-state index contributed by atoms with van der Waals surface area (Å²) < 4.78 is 26.7. The van der Waals surface area contributed by atoms with E-state index in [9.17, 15) is 8.42 Å². The number of pyridine rings is 1. The third-order valence-electron chi connectivity index (χ3n) is 2.37. The molecule has 0 spiro atoms. The number of hydrogen-bond donors (Lipinski definition) is 1. The van der Waals surface area contributed by atoms with Crippen molar-refractivity contribution in [2.75, 3.05) is 14.1 Å². The van der Waals surface area contributed by atoms with E-state index in [4.69, 9.17) is 0 Å². The fraction of sp³-hybridized carbons (Fsp3) is 0.273. The van der Waals surface area contributed by atoms with Gasteiger partial charge in [-0.25, -0.2) is 4.98 Å². The molecular weight excluding hydrogens is 284 g/mol. The summed E-state index contributed by atoms with van der Waals surface area (Å²) in [5.41, 5.74) is 1.53. The zero-order valence-corrected chi connectivity index (χ0v) is 12.2. The van der Waals surface area contributed by atoms with E-state index >= 15 is 0 Å². The van der Waals surface area contributed by atoms with Crippen LogP contribution in [-0.4, -0.2) is 36.8 Å². The molecule has 2 aromatic rings. The van der Waals surface area contributed by atoms with Gasteiger partial charge in [-0.2, -0.15) is 17.4 Å². The number of rotatable bonds is 5. The van der Waals surface area contributed by atoms with Gasteiger partial charge in [0.15, 0.2) is 0 Å². The molecule has 19 heavy (non-hydrogen) atoms. The van der Waals surface area contributed by atoms with Crippen LogP contribution in [0.5, 0.6) is 0 Å². The van der Waals surface area contributed by atoms with E-state index in [0.717, 1.165) is 15.7 Å². The van der Waals surface area contributed by atoms with Crippen molar-refractivity contribution in [3.05, 3.63) is 34.8 Å². The second kappa shape index (κ2) is 5.74. The number of hydrogen-bond acceptors (Lipinski definition) is 5. The van der Waals surface area contributed by atoms with E-state index in [0.29, 0.717) is 5.01 Å². The van der Waals surface area contributed by atoms with Crippen molar-refractivity contribution in [2.24, 2.45) is 0 Å². The number of thiazole rings is 1. The molecule has 102 valence electrons. The Balaban J connectivity index is 2.07. The van der Waals surface area contributed by atoms with Crippen LogP contribution >= 0.6 is 11.3 Å². The number of nitrogens with one attached hydrogen (secondary N) is 1. The molecule has 6 nitrogen and oxygen atoms in total. The van der Waals surface area contributed by atoms with Crippen LogP contribution in [0.2, 0.25) is 0 Å². The molecule has 0 saturated heterocycles. The second-order valence-electron chi connectivity index (χ2n) is 3.95. The minimum atomic E-state index is -3.42. The van der Waals surface area contributed by atoms with Crippen LogP contribution in [0.25, 0.3) is 11.4 Å². The summed E-state index contributed by atoms with van der Waals surface area (Å²) in [7, 11) is -0.466. The standard InChI is InChI=1S/C11H14N4O2S2/c1-15(2)19(16,17)13-7-11-14-10(8-18-11)9-5-3-4-6-12-9/h3-6,8,13H,7H2,1-2H3. The highest BCUT2D eigenvalue weighted by atomic mass is 32.2. The van der Waals surface area contributed by atoms with Gasteiger partial charge >= 0.3 is 0 Å². The summed E-state index contributed by atoms with van der Waals surface area (Å²) in [6.45, 7) is 0.179. The number of nitrogens with zero attached hydrogens (tertiary/aromatic N) is 3. The Labute approximate surface area is 116 Å². The molecular formula is C11H14N4O2S2. The highest BCUT2D eigenvalue weighted by molar-refractivity contribution is 7.87. The lowest BCUT2D eigenvalue weighted by molar-refractivity contribution is 0.505. The van der Waals surface area contributed by atoms with Crippen molar-refractivity contribution in [2.45, 2.75) is 6.54 Å². The highest BCUT2D eigenvalue weighted by Gasteiger charge is 2.13. The molecule has 2 rings (SSSR count). The van der Waals surface area contributed by atoms with Gasteiger partial charge in [0.05, 0.1) is 17.9 Å². The molecule has 8 heteroatoms. The Morgan fingerprint density at radius 2 is 2.11 bits per heavy atom. The van der Waals surface area contributed by atoms with E-state index in [1.54, 1.807) is 6.20 Å². The lowest BCUT2D eigenvalue weighted by atomic mass is 10.3. The molecule has 0 bridgehead atoms. The molecule has 0 aromatic carbocycles. The summed E-state index contributed by atoms with van der Waals surface area (Å²) in [6.07, 6.45) is 1.70. The molecule has 0 aliphatic heterocycles. The summed E-state index contributed by atoms with van der Waals surface area (Å²) in [5, 5.41) is 2.56. The quantitative estimate of drug-likeness (QED) is 0.897. The van der Waals surface area contributed by atoms with Crippen LogP contribution in [0.1, 0.15) is 5.01 Å². The molecule has 1 N–H and O–H groups in total. The van der Waals surface area contributed by atoms with Crippen LogP contribution in [0.3, 0.4) is 0 Å². The average molecular weight is 298 g/mol. The molecule has 0 unspecified atom stereocenters. The van der Waals surface area contributed by atoms with Crippen LogP contribution < -0.4 is 4.72 Å². The predicted octanol–water partition coefficient (Wildman–Crippen LogP) is 1.10. The molecule has 2 aromatic heterocycles. The van der Waals surface area contributed by atoms with Gasteiger partial charge < -0.3 is 0 Å². The second-order valence-corrected chi connectivity index (χ2v) is 6.86. The van der Waals surface area contributed by atoms with Gasteiger partial charge in [-0.1, -0.05) is 6.07 Å². The average Bonchev–Trinajstić information content (AvgIpc) is 2.86. The maximum absolute atomic E-state index is 11.6. The first kappa shape index (κ1) is 14.1. The van der Waals surface area contributed by atoms with Gasteiger partial charge in [0.25, 0.3) is 10.2 Å². The normalized spacial score (nSPS) is 11.9. The smallest absolute Gasteiger partial charge is 0.255 e. The Morgan fingerprint density at radius 1 is 1.32 bits per heavy atom. The molecule has 0 saturated carbocycles. The van der Waals surface area contributed by atoms with Gasteiger partial charge in [-0.05, 0) is 12.1 Å². The zero-order chi connectivity index (χ0) is 13.9. The monoisotopic (exact) mass is 298 g/mol. The van der Waals surface area contributed by atoms with Crippen molar-refractivity contribution in [3.63, 3.8) is 0 Å². The Hall–Kier alpha value is -1.35. The Kier molecular flexibility index (Phi) is 4.25. The SMILES string of the molecule is CN(C)S(=O)(=O)NCc1nc(-c2ccccn2)cs1. The third-order valence-corrected chi connectivity index (χ3v) is 4.68. The minimum absolute atomic E-state index is 0.179. The van der Waals surface area contributed by atoms with Gasteiger partial charge in [0.1, 0.15) is 5.01 Å². The molecule has 2 heterocycles. The highest BCUT2D eigenvalue weighted by Crippen LogP contribution is 2.19. The molecule has 0 aliphatic rings. The maximum Gasteiger partial charge on any atom is 0.279 e. The molecule has 0 fully saturated rings. The summed E-state index contributed by atoms with van der Waals surface area (Å²) >= 11 is 1.40. The van der Waals surface area contributed by atoms with Gasteiger partial charge in [-0.15, -0.1) is 11.3 Å². The van der Waals surface area contributed by atoms with E-state index in [1.807, 2.05) is 23.6 Å². The van der Waals surface area contributed by atoms with Crippen molar-refractivity contribution >= 4 is 21.5 Å². The largest absolute Gasteiger partial charge is 0.279 e. The summed E-state index contributed by atoms with van der Waals surface area (Å²) in [5.74, 6) is 0. The van der Waals surface area contributed by atoms with Crippen molar-refractivity contribution in [3.8, 4) is 11.4 Å². The van der Waals surface area contributed by atoms with E-state index in [1.165, 1.54) is 25.4 Å². The fourth-order valence-electron chi connectivity index (χ4n) is 1.31. The van der Waals surface area contributed by atoms with Gasteiger partial charge in [-0.3, -0.25) is 4.98 Å². The first-order chi connectivity index (χ1) is 8.99. The van der Waals surface area contributed by atoms with Crippen LogP contribution in [-0.2, 0) is 16.8 Å². The third kappa shape index (κ3) is 3.57. The zero-order valence-electron chi connectivity index (χ0n) is 10.6. The van der Waals surface area contributed by atoms with Crippen molar-refractivity contribution < 1.29 is 8.42 Å². The summed E-state index contributed by atoms with van der Waals surface area (Å²) in [6, 6.07) is 5.58.